The van der Waals surface area contributed by atoms with Gasteiger partial charge >= 0.3 is 11.7 Å². The molecule has 57 heavy (non-hydrogen) atoms. The highest BCUT2D eigenvalue weighted by molar-refractivity contribution is 9.10. The van der Waals surface area contributed by atoms with Crippen LogP contribution >= 0.6 is 31.9 Å². The number of nitrogens with two attached hydrogens (primary N) is 4. The number of likely N-dealkylation sites (N-methyl/N-ethyl adjacent to an activating group) is 2. The summed E-state index contributed by atoms with van der Waals surface area (Å²) in [6, 6.07) is 11.5. The molecule has 0 fully saturated rings. The molecule has 0 bridgehead atoms. The van der Waals surface area contributed by atoms with Crippen molar-refractivity contribution in [3.05, 3.63) is 83.9 Å². The number of H-pyrrole nitrogens is 1. The average Bonchev–Trinajstić information content (AvgIpc) is 3.59. The van der Waals surface area contributed by atoms with Crippen LogP contribution in [0.2, 0.25) is 0 Å². The van der Waals surface area contributed by atoms with Crippen LogP contribution in [0, 0.1) is 16.9 Å². The molecular weight excluding hydrogens is 880 g/mol. The van der Waals surface area contributed by atoms with E-state index in [0.717, 1.165) is 0 Å². The van der Waals surface area contributed by atoms with Gasteiger partial charge in [0, 0.05) is 40.3 Å². The topological polar surface area (TPSA) is 371 Å². The summed E-state index contributed by atoms with van der Waals surface area (Å²) in [5, 5.41) is 8.93. The summed E-state index contributed by atoms with van der Waals surface area (Å²) in [5.74, 6) is 0.746. The highest BCUT2D eigenvalue weighted by Crippen LogP contribution is 2.23. The number of carbonyl (C=O) groups excluding carboxylic acids is 3. The van der Waals surface area contributed by atoms with Crippen LogP contribution in [0.3, 0.4) is 0 Å². The zero-order valence-electron chi connectivity index (χ0n) is 30.2. The molecule has 0 aliphatic carbocycles. The molecule has 0 radical (unpaired) electrons. The normalized spacial score (nSPS) is 9.63. The molecule has 0 unspecified atom stereocenters. The number of nitrogens with zero attached hydrogens (tertiary/aromatic N) is 12. The van der Waals surface area contributed by atoms with Crippen molar-refractivity contribution in [2.75, 3.05) is 52.9 Å². The smallest absolute Gasteiger partial charge is 0.348 e. The zero-order valence-corrected chi connectivity index (χ0v) is 33.3. The molecule has 5 aromatic heterocycles. The molecule has 10 N–H and O–H groups in total. The number of nitrogen functional groups attached to an aromatic ring is 2. The monoisotopic (exact) mass is 918 g/mol. The molecule has 0 aliphatic heterocycles. The predicted octanol–water partition coefficient (Wildman–Crippen LogP) is 1.92. The van der Waals surface area contributed by atoms with E-state index in [1.54, 1.807) is 78.6 Å². The van der Waals surface area contributed by atoms with Crippen molar-refractivity contribution < 1.29 is 23.9 Å². The Morgan fingerprint density at radius 2 is 1.32 bits per heavy atom. The summed E-state index contributed by atoms with van der Waals surface area (Å²) in [5.41, 5.74) is 34.0. The van der Waals surface area contributed by atoms with Gasteiger partial charge in [0.1, 0.15) is 23.2 Å². The van der Waals surface area contributed by atoms with Gasteiger partial charge in [0.05, 0.1) is 24.5 Å². The minimum Gasteiger partial charge on any atom is -0.468 e. The first-order valence-corrected chi connectivity index (χ1v) is 17.0. The van der Waals surface area contributed by atoms with Crippen LogP contribution in [0.5, 0.6) is 11.8 Å². The van der Waals surface area contributed by atoms with Gasteiger partial charge in [-0.15, -0.1) is 5.53 Å². The number of nitrogens with one attached hydrogen (secondary N) is 2. The molecule has 26 heteroatoms. The fourth-order valence-corrected chi connectivity index (χ4v) is 4.89. The number of aromatic amines is 1. The first-order chi connectivity index (χ1) is 26.4. The highest BCUT2D eigenvalue weighted by atomic mass is 79.9. The van der Waals surface area contributed by atoms with Gasteiger partial charge in [0.15, 0.2) is 34.0 Å². The van der Waals surface area contributed by atoms with E-state index in [-0.39, 0.29) is 56.3 Å². The molecule has 0 saturated heterocycles. The van der Waals surface area contributed by atoms with E-state index in [1.807, 2.05) is 6.07 Å². The number of imidazole rings is 2. The van der Waals surface area contributed by atoms with Crippen molar-refractivity contribution in [3.63, 3.8) is 0 Å². The van der Waals surface area contributed by atoms with Crippen LogP contribution in [0.15, 0.2) is 50.7 Å². The number of anilines is 2. The van der Waals surface area contributed by atoms with Gasteiger partial charge in [-0.3, -0.25) is 23.7 Å². The van der Waals surface area contributed by atoms with E-state index in [2.05, 4.69) is 73.2 Å². The van der Waals surface area contributed by atoms with E-state index in [9.17, 15) is 14.4 Å². The maximum atomic E-state index is 11.6. The van der Waals surface area contributed by atoms with Crippen LogP contribution in [0.4, 0.5) is 16.4 Å². The SMILES string of the molecule is C.CN(C)C(=O)COc1cccc(Cn2c(Br)nc(C#N)c2N)n1.CN(C)C(=O)COc1cccc(Cn2c(Br)nc3c(N)[nH]c(=O)nc32)n1.NC(N)=O.[N-]=[N+]=N. The second-order valence-corrected chi connectivity index (χ2v) is 12.4. The second-order valence-electron chi connectivity index (χ2n) is 11.0. The van der Waals surface area contributed by atoms with E-state index < -0.39 is 11.7 Å². The standard InChI is InChI=1S/C15H16BrN7O3.C14H15BrN6O2.CH4N2O.CH4.HN3/c1-22(2)10(24)7-26-9-5-3-4-8(18-9)6-23-13-11(19-14(23)16)12(17)20-15(25)21-13;1-20(2)12(22)8-23-11-5-3-4-9(18-11)7-21-13(17)10(6-16)19-14(21)15;2-1(3)4;;1-3-2/h3-5H,6-7H2,1-2H3,(H3,17,20,21,25);3-5H,7-8,17H2,1-2H3;(H4,2,3,4);1H4;1H. The van der Waals surface area contributed by atoms with Gasteiger partial charge < -0.3 is 42.2 Å². The Balaban J connectivity index is 0.000000485. The molecular formula is C31H40Br2N18O6. The summed E-state index contributed by atoms with van der Waals surface area (Å²) >= 11 is 6.60. The number of ether oxygens (including phenoxy) is 2. The third kappa shape index (κ3) is 15.0. The lowest BCUT2D eigenvalue weighted by Crippen LogP contribution is -2.27. The van der Waals surface area contributed by atoms with Crippen LogP contribution in [-0.4, -0.2) is 108 Å². The van der Waals surface area contributed by atoms with Crippen molar-refractivity contribution >= 4 is 72.5 Å². The molecule has 0 aromatic carbocycles. The third-order valence-electron chi connectivity index (χ3n) is 6.55. The summed E-state index contributed by atoms with van der Waals surface area (Å²) < 4.78 is 15.0. The fraction of sp³-hybridized carbons (Fsp3) is 0.290. The van der Waals surface area contributed by atoms with Crippen LogP contribution in [0.25, 0.3) is 21.6 Å². The average molecular weight is 921 g/mol. The van der Waals surface area contributed by atoms with Crippen LogP contribution in [-0.2, 0) is 22.7 Å². The van der Waals surface area contributed by atoms with Crippen molar-refractivity contribution in [1.29, 1.82) is 10.8 Å². The van der Waals surface area contributed by atoms with Crippen molar-refractivity contribution in [2.45, 2.75) is 20.5 Å². The molecule has 0 aliphatic rings. The first kappa shape index (κ1) is 48.0. The molecule has 0 atom stereocenters. The number of rotatable bonds is 10. The Hall–Kier alpha value is -6.97. The zero-order chi connectivity index (χ0) is 42.1. The van der Waals surface area contributed by atoms with Crippen LogP contribution < -0.4 is 38.1 Å². The lowest BCUT2D eigenvalue weighted by Gasteiger charge is -2.11. The number of halogens is 2. The molecule has 5 rings (SSSR count). The maximum absolute atomic E-state index is 11.6. The summed E-state index contributed by atoms with van der Waals surface area (Å²) in [6.45, 7) is 0.416. The van der Waals surface area contributed by atoms with E-state index in [1.165, 1.54) is 9.80 Å². The lowest BCUT2D eigenvalue weighted by molar-refractivity contribution is -0.131. The molecule has 4 amide bonds. The quantitative estimate of drug-likeness (QED) is 0.0505. The van der Waals surface area contributed by atoms with Crippen molar-refractivity contribution in [3.8, 4) is 17.8 Å². The van der Waals surface area contributed by atoms with Crippen molar-refractivity contribution in [2.24, 2.45) is 11.5 Å². The molecule has 5 aromatic rings. The van der Waals surface area contributed by atoms with E-state index in [4.69, 9.17) is 42.1 Å². The minimum atomic E-state index is -0.833. The first-order valence-electron chi connectivity index (χ1n) is 15.4. The number of pyridine rings is 2. The van der Waals surface area contributed by atoms with Gasteiger partial charge in [0.25, 0.3) is 11.8 Å². The van der Waals surface area contributed by atoms with Gasteiger partial charge in [-0.25, -0.2) is 29.5 Å². The van der Waals surface area contributed by atoms with Crippen LogP contribution in [0.1, 0.15) is 24.5 Å². The fourth-order valence-electron chi connectivity index (χ4n) is 3.93. The largest absolute Gasteiger partial charge is 0.468 e. The van der Waals surface area contributed by atoms with Crippen molar-refractivity contribution in [1.82, 2.24) is 48.8 Å². The Morgan fingerprint density at radius 1 is 0.877 bits per heavy atom. The van der Waals surface area contributed by atoms with E-state index in [0.29, 0.717) is 50.3 Å². The molecule has 0 spiro atoms. The van der Waals surface area contributed by atoms with E-state index >= 15 is 0 Å². The number of fused-ring (bicyclic) bond motifs is 1. The molecule has 0 saturated carbocycles. The van der Waals surface area contributed by atoms with Gasteiger partial charge in [0.2, 0.25) is 11.8 Å². The number of carbonyl (C=O) groups is 3. The number of aromatic nitrogens is 8. The maximum Gasteiger partial charge on any atom is 0.348 e. The summed E-state index contributed by atoms with van der Waals surface area (Å²) in [7, 11) is 6.61. The number of hydrogen-bond donors (Lipinski definition) is 6. The predicted molar refractivity (Wildman–Crippen MR) is 214 cm³/mol. The Labute approximate surface area is 341 Å². The number of primary amides is 2. The minimum absolute atomic E-state index is 0. The molecule has 304 valence electrons. The summed E-state index contributed by atoms with van der Waals surface area (Å²) in [6.07, 6.45) is 0. The Kier molecular flexibility index (Phi) is 19.4. The second kappa shape index (κ2) is 23.1. The molecule has 24 nitrogen and oxygen atoms in total. The number of urea groups is 1. The Morgan fingerprint density at radius 3 is 1.74 bits per heavy atom. The highest BCUT2D eigenvalue weighted by Gasteiger charge is 2.16. The Bertz CT molecular complexity index is 2290. The number of nitriles is 1. The number of amides is 4. The van der Waals surface area contributed by atoms with Gasteiger partial charge in [-0.2, -0.15) is 10.2 Å². The number of hydrogen-bond acceptors (Lipinski definition) is 15. The van der Waals surface area contributed by atoms with Gasteiger partial charge in [-0.05, 0) is 54.4 Å². The summed E-state index contributed by atoms with van der Waals surface area (Å²) in [4.78, 5) is 71.7. The lowest BCUT2D eigenvalue weighted by atomic mass is 10.3. The third-order valence-corrected chi connectivity index (χ3v) is 7.76. The molecule has 5 heterocycles. The van der Waals surface area contributed by atoms with Gasteiger partial charge in [-0.1, -0.05) is 19.6 Å².